The number of hydrogen-bond donors (Lipinski definition) is 2. The van der Waals surface area contributed by atoms with Gasteiger partial charge in [-0.2, -0.15) is 0 Å². The van der Waals surface area contributed by atoms with Gasteiger partial charge in [-0.1, -0.05) is 13.8 Å². The fourth-order valence-corrected chi connectivity index (χ4v) is 1.11. The second-order valence-electron chi connectivity index (χ2n) is 2.41. The number of nitrogens with two attached hydrogens (primary N) is 1. The molecule has 1 saturated heterocycles. The van der Waals surface area contributed by atoms with Crippen molar-refractivity contribution in [3.05, 3.63) is 0 Å². The van der Waals surface area contributed by atoms with Crippen molar-refractivity contribution in [2.45, 2.75) is 32.4 Å². The standard InChI is InChI=1S/C6H12N2O2.C2H6/c1-10-6(9)5-4(7)2-3-8-5;1-2/h4-5,8H,2-3,7H2,1H3;1-2H3. The summed E-state index contributed by atoms with van der Waals surface area (Å²) in [7, 11) is 1.37. The summed E-state index contributed by atoms with van der Waals surface area (Å²) in [6.45, 7) is 4.81. The first-order valence-corrected chi connectivity index (χ1v) is 4.32. The average molecular weight is 174 g/mol. The van der Waals surface area contributed by atoms with E-state index in [0.29, 0.717) is 0 Å². The van der Waals surface area contributed by atoms with Crippen LogP contribution < -0.4 is 11.1 Å². The quantitative estimate of drug-likeness (QED) is 0.544. The molecule has 0 radical (unpaired) electrons. The number of carbonyl (C=O) groups is 1. The molecule has 1 aliphatic rings. The predicted molar refractivity (Wildman–Crippen MR) is 47.7 cm³/mol. The minimum atomic E-state index is -0.287. The monoisotopic (exact) mass is 174 g/mol. The second-order valence-corrected chi connectivity index (χ2v) is 2.41. The Balaban J connectivity index is 0.000000561. The number of rotatable bonds is 1. The first kappa shape index (κ1) is 11.4. The summed E-state index contributed by atoms with van der Waals surface area (Å²) in [5, 5.41) is 2.96. The molecular formula is C8H18N2O2. The van der Waals surface area contributed by atoms with E-state index in [4.69, 9.17) is 5.73 Å². The lowest BCUT2D eigenvalue weighted by Crippen LogP contribution is -2.43. The normalized spacial score (nSPS) is 27.3. The molecule has 2 unspecified atom stereocenters. The first-order chi connectivity index (χ1) is 5.75. The van der Waals surface area contributed by atoms with E-state index in [1.807, 2.05) is 13.8 Å². The molecule has 2 atom stereocenters. The molecule has 1 fully saturated rings. The van der Waals surface area contributed by atoms with E-state index in [-0.39, 0.29) is 18.1 Å². The molecule has 4 nitrogen and oxygen atoms in total. The van der Waals surface area contributed by atoms with Crippen molar-refractivity contribution in [3.8, 4) is 0 Å². The molecule has 0 aromatic heterocycles. The molecule has 0 amide bonds. The van der Waals surface area contributed by atoms with Gasteiger partial charge in [0.1, 0.15) is 6.04 Å². The Morgan fingerprint density at radius 3 is 2.50 bits per heavy atom. The highest BCUT2D eigenvalue weighted by atomic mass is 16.5. The fourth-order valence-electron chi connectivity index (χ4n) is 1.11. The average Bonchev–Trinajstić information content (AvgIpc) is 2.54. The Bertz CT molecular complexity index is 139. The molecular weight excluding hydrogens is 156 g/mol. The van der Waals surface area contributed by atoms with Gasteiger partial charge < -0.3 is 15.8 Å². The number of ether oxygens (including phenoxy) is 1. The van der Waals surface area contributed by atoms with E-state index in [1.54, 1.807) is 0 Å². The van der Waals surface area contributed by atoms with Gasteiger partial charge in [0.15, 0.2) is 0 Å². The smallest absolute Gasteiger partial charge is 0.324 e. The number of hydrogen-bond acceptors (Lipinski definition) is 4. The third-order valence-corrected chi connectivity index (χ3v) is 1.73. The van der Waals surface area contributed by atoms with Gasteiger partial charge in [-0.25, -0.2) is 0 Å². The van der Waals surface area contributed by atoms with Gasteiger partial charge in [0.25, 0.3) is 0 Å². The van der Waals surface area contributed by atoms with Crippen LogP contribution in [0.2, 0.25) is 0 Å². The lowest BCUT2D eigenvalue weighted by atomic mass is 10.1. The molecule has 12 heavy (non-hydrogen) atoms. The van der Waals surface area contributed by atoms with E-state index < -0.39 is 0 Å². The van der Waals surface area contributed by atoms with Gasteiger partial charge in [-0.15, -0.1) is 0 Å². The Morgan fingerprint density at radius 2 is 2.17 bits per heavy atom. The predicted octanol–water partition coefficient (Wildman–Crippen LogP) is -0.125. The van der Waals surface area contributed by atoms with Crippen molar-refractivity contribution in [2.24, 2.45) is 5.73 Å². The molecule has 72 valence electrons. The summed E-state index contributed by atoms with van der Waals surface area (Å²) < 4.78 is 4.52. The highest BCUT2D eigenvalue weighted by Gasteiger charge is 2.30. The summed E-state index contributed by atoms with van der Waals surface area (Å²) in [6, 6.07) is -0.363. The van der Waals surface area contributed by atoms with Gasteiger partial charge in [-0.05, 0) is 13.0 Å². The largest absolute Gasteiger partial charge is 0.468 e. The van der Waals surface area contributed by atoms with Crippen LogP contribution in [0.5, 0.6) is 0 Å². The zero-order valence-electron chi connectivity index (χ0n) is 7.96. The third kappa shape index (κ3) is 2.79. The van der Waals surface area contributed by atoms with Crippen LogP contribution in [0.1, 0.15) is 20.3 Å². The highest BCUT2D eigenvalue weighted by Crippen LogP contribution is 2.04. The zero-order valence-corrected chi connectivity index (χ0v) is 7.96. The highest BCUT2D eigenvalue weighted by molar-refractivity contribution is 5.77. The molecule has 0 aromatic rings. The second kappa shape index (κ2) is 5.97. The van der Waals surface area contributed by atoms with E-state index >= 15 is 0 Å². The van der Waals surface area contributed by atoms with Gasteiger partial charge >= 0.3 is 5.97 Å². The first-order valence-electron chi connectivity index (χ1n) is 4.32. The number of nitrogens with one attached hydrogen (secondary N) is 1. The van der Waals surface area contributed by atoms with Crippen LogP contribution in [0.4, 0.5) is 0 Å². The van der Waals surface area contributed by atoms with Crippen molar-refractivity contribution < 1.29 is 9.53 Å². The van der Waals surface area contributed by atoms with Crippen molar-refractivity contribution >= 4 is 5.97 Å². The number of esters is 1. The van der Waals surface area contributed by atoms with E-state index in [0.717, 1.165) is 13.0 Å². The number of carbonyl (C=O) groups excluding carboxylic acids is 1. The summed E-state index contributed by atoms with van der Waals surface area (Å²) >= 11 is 0. The van der Waals surface area contributed by atoms with Crippen LogP contribution in [0.3, 0.4) is 0 Å². The molecule has 0 bridgehead atoms. The van der Waals surface area contributed by atoms with Crippen molar-refractivity contribution in [1.82, 2.24) is 5.32 Å². The minimum Gasteiger partial charge on any atom is -0.468 e. The van der Waals surface area contributed by atoms with Gasteiger partial charge in [-0.3, -0.25) is 4.79 Å². The lowest BCUT2D eigenvalue weighted by molar-refractivity contribution is -0.142. The van der Waals surface area contributed by atoms with Gasteiger partial charge in [0.2, 0.25) is 0 Å². The summed E-state index contributed by atoms with van der Waals surface area (Å²) in [5.74, 6) is -0.259. The lowest BCUT2D eigenvalue weighted by Gasteiger charge is -2.11. The Hall–Kier alpha value is -0.610. The van der Waals surface area contributed by atoms with Gasteiger partial charge in [0.05, 0.1) is 7.11 Å². The van der Waals surface area contributed by atoms with Crippen molar-refractivity contribution in [1.29, 1.82) is 0 Å². The Morgan fingerprint density at radius 1 is 1.58 bits per heavy atom. The minimum absolute atomic E-state index is 0.0764. The van der Waals surface area contributed by atoms with Crippen molar-refractivity contribution in [2.75, 3.05) is 13.7 Å². The molecule has 0 spiro atoms. The van der Waals surface area contributed by atoms with Crippen LogP contribution in [0.15, 0.2) is 0 Å². The summed E-state index contributed by atoms with van der Waals surface area (Å²) in [4.78, 5) is 10.9. The maximum absolute atomic E-state index is 10.9. The Labute approximate surface area is 73.5 Å². The zero-order chi connectivity index (χ0) is 9.56. The maximum Gasteiger partial charge on any atom is 0.324 e. The third-order valence-electron chi connectivity index (χ3n) is 1.73. The SMILES string of the molecule is CC.COC(=O)C1NCCC1N. The molecule has 4 heteroatoms. The van der Waals surface area contributed by atoms with E-state index in [2.05, 4.69) is 10.1 Å². The summed E-state index contributed by atoms with van der Waals surface area (Å²) in [5.41, 5.74) is 5.59. The molecule has 1 rings (SSSR count). The van der Waals surface area contributed by atoms with Gasteiger partial charge in [0, 0.05) is 6.04 Å². The fraction of sp³-hybridized carbons (Fsp3) is 0.875. The molecule has 1 aliphatic heterocycles. The van der Waals surface area contributed by atoms with Crippen molar-refractivity contribution in [3.63, 3.8) is 0 Å². The van der Waals surface area contributed by atoms with Crippen LogP contribution in [-0.2, 0) is 9.53 Å². The molecule has 0 aromatic carbocycles. The van der Waals surface area contributed by atoms with Crippen LogP contribution in [0.25, 0.3) is 0 Å². The number of methoxy groups -OCH3 is 1. The molecule has 0 saturated carbocycles. The van der Waals surface area contributed by atoms with Crippen LogP contribution in [-0.4, -0.2) is 31.7 Å². The molecule has 3 N–H and O–H groups in total. The van der Waals surface area contributed by atoms with Crippen LogP contribution >= 0.6 is 0 Å². The van der Waals surface area contributed by atoms with E-state index in [9.17, 15) is 4.79 Å². The maximum atomic E-state index is 10.9. The molecule has 1 heterocycles. The summed E-state index contributed by atoms with van der Waals surface area (Å²) in [6.07, 6.45) is 0.847. The Kier molecular flexibility index (Phi) is 5.66. The van der Waals surface area contributed by atoms with E-state index in [1.165, 1.54) is 7.11 Å². The molecule has 0 aliphatic carbocycles. The topological polar surface area (TPSA) is 64.3 Å². The van der Waals surface area contributed by atoms with Crippen LogP contribution in [0, 0.1) is 0 Å².